The summed E-state index contributed by atoms with van der Waals surface area (Å²) < 4.78 is 4.70. The average Bonchev–Trinajstić information content (AvgIpc) is 3.67. The van der Waals surface area contributed by atoms with Gasteiger partial charge in [-0.15, -0.1) is 0 Å². The van der Waals surface area contributed by atoms with Crippen LogP contribution in [-0.2, 0) is 0 Å². The lowest BCUT2D eigenvalue weighted by atomic mass is 9.92. The number of hydrogen-bond acceptors (Lipinski definition) is 2. The summed E-state index contributed by atoms with van der Waals surface area (Å²) in [7, 11) is 0. The van der Waals surface area contributed by atoms with Gasteiger partial charge in [0.2, 0.25) is 0 Å². The van der Waals surface area contributed by atoms with Crippen molar-refractivity contribution in [2.45, 2.75) is 0 Å². The summed E-state index contributed by atoms with van der Waals surface area (Å²) in [6.07, 6.45) is 0. The van der Waals surface area contributed by atoms with Crippen molar-refractivity contribution in [1.82, 2.24) is 9.13 Å². The summed E-state index contributed by atoms with van der Waals surface area (Å²) in [5, 5.41) is 24.7. The minimum atomic E-state index is 0.482. The maximum absolute atomic E-state index is 9.97. The van der Waals surface area contributed by atoms with E-state index in [1.54, 1.807) is 18.2 Å². The molecule has 0 saturated carbocycles. The van der Waals surface area contributed by atoms with Crippen LogP contribution >= 0.6 is 0 Å². The zero-order chi connectivity index (χ0) is 32.2. The fourth-order valence-corrected chi connectivity index (χ4v) is 7.35. The molecule has 0 aliphatic carbocycles. The highest BCUT2D eigenvalue weighted by atomic mass is 15.0. The van der Waals surface area contributed by atoms with E-state index in [0.29, 0.717) is 16.7 Å². The van der Waals surface area contributed by atoms with E-state index in [1.165, 1.54) is 27.2 Å². The van der Waals surface area contributed by atoms with Crippen molar-refractivity contribution in [3.05, 3.63) is 169 Å². The number of para-hydroxylation sites is 3. The molecular formula is C44H26N4. The molecule has 0 aliphatic heterocycles. The van der Waals surface area contributed by atoms with Gasteiger partial charge in [-0.2, -0.15) is 10.5 Å². The molecule has 9 rings (SSSR count). The molecule has 0 radical (unpaired) electrons. The zero-order valence-corrected chi connectivity index (χ0v) is 25.8. The second-order valence-electron chi connectivity index (χ2n) is 12.0. The highest BCUT2D eigenvalue weighted by molar-refractivity contribution is 6.12. The van der Waals surface area contributed by atoms with Crippen LogP contribution in [0.1, 0.15) is 11.1 Å². The highest BCUT2D eigenvalue weighted by Crippen LogP contribution is 2.40. The highest BCUT2D eigenvalue weighted by Gasteiger charge is 2.20. The van der Waals surface area contributed by atoms with Crippen molar-refractivity contribution in [3.8, 4) is 45.8 Å². The number of rotatable bonds is 4. The van der Waals surface area contributed by atoms with Crippen LogP contribution in [0.5, 0.6) is 0 Å². The van der Waals surface area contributed by atoms with E-state index in [0.717, 1.165) is 44.5 Å². The molecule has 0 bridgehead atoms. The van der Waals surface area contributed by atoms with Crippen molar-refractivity contribution >= 4 is 43.6 Å². The monoisotopic (exact) mass is 610 g/mol. The Labute approximate surface area is 277 Å². The third-order valence-corrected chi connectivity index (χ3v) is 9.41. The Morgan fingerprint density at radius 3 is 1.56 bits per heavy atom. The Bertz CT molecular complexity index is 2720. The molecule has 0 spiro atoms. The molecule has 0 fully saturated rings. The van der Waals surface area contributed by atoms with Gasteiger partial charge >= 0.3 is 0 Å². The van der Waals surface area contributed by atoms with Crippen LogP contribution in [0.4, 0.5) is 0 Å². The molecule has 222 valence electrons. The third-order valence-electron chi connectivity index (χ3n) is 9.41. The number of benzene rings is 7. The molecule has 2 heterocycles. The van der Waals surface area contributed by atoms with Crippen molar-refractivity contribution in [1.29, 1.82) is 10.5 Å². The lowest BCUT2D eigenvalue weighted by Gasteiger charge is -2.17. The molecule has 0 atom stereocenters. The minimum absolute atomic E-state index is 0.482. The maximum Gasteiger partial charge on any atom is 0.0998 e. The van der Waals surface area contributed by atoms with Crippen molar-refractivity contribution in [3.63, 3.8) is 0 Å². The first-order valence-corrected chi connectivity index (χ1v) is 15.9. The maximum atomic E-state index is 9.97. The summed E-state index contributed by atoms with van der Waals surface area (Å²) in [5.74, 6) is 0. The molecule has 4 nitrogen and oxygen atoms in total. The predicted octanol–water partition coefficient (Wildman–Crippen LogP) is 11.0. The molecule has 2 aromatic heterocycles. The normalized spacial score (nSPS) is 11.3. The molecular weight excluding hydrogens is 585 g/mol. The second kappa shape index (κ2) is 10.9. The van der Waals surface area contributed by atoms with Gasteiger partial charge in [0, 0.05) is 38.4 Å². The van der Waals surface area contributed by atoms with E-state index >= 15 is 0 Å². The largest absolute Gasteiger partial charge is 0.309 e. The summed E-state index contributed by atoms with van der Waals surface area (Å²) in [6, 6.07) is 59.0. The van der Waals surface area contributed by atoms with Gasteiger partial charge in [-0.1, -0.05) is 97.1 Å². The van der Waals surface area contributed by atoms with Crippen LogP contribution in [0.3, 0.4) is 0 Å². The zero-order valence-electron chi connectivity index (χ0n) is 25.8. The molecule has 0 aliphatic rings. The SMILES string of the molecule is N#Cc1cccc(C#N)c1-c1ccc(-n2c3ccccc3c3cc(-n4c5ccccc5c5ccccc54)ccc32)c(-c2ccccc2)c1. The van der Waals surface area contributed by atoms with Gasteiger partial charge in [0.1, 0.15) is 0 Å². The van der Waals surface area contributed by atoms with E-state index in [-0.39, 0.29) is 0 Å². The van der Waals surface area contributed by atoms with Gasteiger partial charge in [-0.3, -0.25) is 0 Å². The van der Waals surface area contributed by atoms with Crippen LogP contribution in [-0.4, -0.2) is 9.13 Å². The summed E-state index contributed by atoms with van der Waals surface area (Å²) in [6.45, 7) is 0. The van der Waals surface area contributed by atoms with Gasteiger partial charge in [0.05, 0.1) is 51.0 Å². The number of aromatic nitrogens is 2. The molecule has 4 heteroatoms. The molecule has 7 aromatic carbocycles. The van der Waals surface area contributed by atoms with Crippen LogP contribution in [0.15, 0.2) is 158 Å². The van der Waals surface area contributed by atoms with Gasteiger partial charge in [-0.25, -0.2) is 0 Å². The molecule has 48 heavy (non-hydrogen) atoms. The van der Waals surface area contributed by atoms with E-state index in [2.05, 4.69) is 137 Å². The Hall–Kier alpha value is -6.88. The van der Waals surface area contributed by atoms with Gasteiger partial charge in [-0.05, 0) is 71.8 Å². The standard InChI is InChI=1S/C44H26N4/c45-27-31-13-10-14-32(28-46)44(31)30-21-23-42(37(25-30)29-11-2-1-3-12-29)48-41-20-9-6-17-36(41)38-26-33(22-24-43(38)48)47-39-18-7-4-15-34(39)35-16-5-8-19-40(35)47/h1-26H. The lowest BCUT2D eigenvalue weighted by molar-refractivity contribution is 1.17. The third kappa shape index (κ3) is 4.07. The quantitative estimate of drug-likeness (QED) is 0.199. The molecule has 9 aromatic rings. The molecule has 0 amide bonds. The topological polar surface area (TPSA) is 57.4 Å². The van der Waals surface area contributed by atoms with Gasteiger partial charge in [0.25, 0.3) is 0 Å². The van der Waals surface area contributed by atoms with E-state index < -0.39 is 0 Å². The Kier molecular flexibility index (Phi) is 6.22. The van der Waals surface area contributed by atoms with Gasteiger partial charge < -0.3 is 9.13 Å². The van der Waals surface area contributed by atoms with Gasteiger partial charge in [0.15, 0.2) is 0 Å². The fourth-order valence-electron chi connectivity index (χ4n) is 7.35. The second-order valence-corrected chi connectivity index (χ2v) is 12.0. The van der Waals surface area contributed by atoms with Crippen LogP contribution in [0, 0.1) is 22.7 Å². The van der Waals surface area contributed by atoms with Crippen molar-refractivity contribution in [2.75, 3.05) is 0 Å². The lowest BCUT2D eigenvalue weighted by Crippen LogP contribution is -1.99. The Balaban J connectivity index is 1.33. The first kappa shape index (κ1) is 27.4. The summed E-state index contributed by atoms with van der Waals surface area (Å²) in [5.41, 5.74) is 11.2. The fraction of sp³-hybridized carbons (Fsp3) is 0. The first-order chi connectivity index (χ1) is 23.7. The summed E-state index contributed by atoms with van der Waals surface area (Å²) >= 11 is 0. The van der Waals surface area contributed by atoms with E-state index in [9.17, 15) is 10.5 Å². The Morgan fingerprint density at radius 2 is 0.938 bits per heavy atom. The average molecular weight is 611 g/mol. The Morgan fingerprint density at radius 1 is 0.396 bits per heavy atom. The van der Waals surface area contributed by atoms with Crippen molar-refractivity contribution < 1.29 is 0 Å². The predicted molar refractivity (Wildman–Crippen MR) is 195 cm³/mol. The van der Waals surface area contributed by atoms with Crippen LogP contribution in [0.25, 0.3) is 77.2 Å². The van der Waals surface area contributed by atoms with E-state index in [4.69, 9.17) is 0 Å². The van der Waals surface area contributed by atoms with Crippen molar-refractivity contribution in [2.24, 2.45) is 0 Å². The number of nitrogens with zero attached hydrogens (tertiary/aromatic N) is 4. The molecule has 0 saturated heterocycles. The smallest absolute Gasteiger partial charge is 0.0998 e. The van der Waals surface area contributed by atoms with E-state index in [1.807, 2.05) is 24.3 Å². The number of nitriles is 2. The first-order valence-electron chi connectivity index (χ1n) is 15.9. The number of fused-ring (bicyclic) bond motifs is 6. The van der Waals surface area contributed by atoms with Crippen LogP contribution in [0.2, 0.25) is 0 Å². The number of hydrogen-bond donors (Lipinski definition) is 0. The molecule has 0 N–H and O–H groups in total. The summed E-state index contributed by atoms with van der Waals surface area (Å²) in [4.78, 5) is 0. The van der Waals surface area contributed by atoms with Crippen LogP contribution < -0.4 is 0 Å². The molecule has 0 unspecified atom stereocenters. The minimum Gasteiger partial charge on any atom is -0.309 e.